The fraction of sp³-hybridized carbons (Fsp3) is 0.111. The summed E-state index contributed by atoms with van der Waals surface area (Å²) in [5.41, 5.74) is 6.79. The molecule has 3 nitrogen and oxygen atoms in total. The first-order chi connectivity index (χ1) is 6.75. The molecule has 0 spiro atoms. The Balaban J connectivity index is 2.22. The Morgan fingerprint density at radius 3 is 2.71 bits per heavy atom. The highest BCUT2D eigenvalue weighted by Crippen LogP contribution is 2.28. The summed E-state index contributed by atoms with van der Waals surface area (Å²) < 4.78 is 0. The van der Waals surface area contributed by atoms with E-state index in [9.17, 15) is 0 Å². The molecule has 1 aliphatic rings. The van der Waals surface area contributed by atoms with Crippen LogP contribution in [0.3, 0.4) is 0 Å². The third kappa shape index (κ3) is 2.05. The lowest BCUT2D eigenvalue weighted by atomic mass is 10.2. The van der Waals surface area contributed by atoms with Crippen molar-refractivity contribution < 1.29 is 0 Å². The van der Waals surface area contributed by atoms with Gasteiger partial charge in [0.2, 0.25) is 0 Å². The molecule has 0 bridgehead atoms. The average molecular weight is 223 g/mol. The molecule has 0 amide bonds. The maximum Gasteiger partial charge on any atom is 0.196 e. The minimum atomic E-state index is 0.0844. The number of nitrogens with two attached hydrogens (primary N) is 1. The van der Waals surface area contributed by atoms with Gasteiger partial charge in [-0.15, -0.1) is 0 Å². The first-order valence-corrected chi connectivity index (χ1v) is 5.41. The molecular formula is C9H9N3S2. The summed E-state index contributed by atoms with van der Waals surface area (Å²) >= 11 is 6.44. The average Bonchev–Trinajstić information content (AvgIpc) is 2.18. The lowest BCUT2D eigenvalue weighted by molar-refractivity contribution is 0.890. The van der Waals surface area contributed by atoms with Crippen LogP contribution in [0.4, 0.5) is 0 Å². The van der Waals surface area contributed by atoms with E-state index in [4.69, 9.17) is 18.0 Å². The van der Waals surface area contributed by atoms with Crippen LogP contribution >= 0.6 is 24.0 Å². The second-order valence-electron chi connectivity index (χ2n) is 2.81. The molecule has 1 atom stereocenters. The Morgan fingerprint density at radius 2 is 2.07 bits per heavy atom. The molecule has 1 aliphatic heterocycles. The number of amidine groups is 1. The quantitative estimate of drug-likeness (QED) is 0.710. The van der Waals surface area contributed by atoms with E-state index in [1.165, 1.54) is 11.8 Å². The van der Waals surface area contributed by atoms with E-state index in [0.717, 1.165) is 5.56 Å². The van der Waals surface area contributed by atoms with Crippen molar-refractivity contribution in [1.29, 1.82) is 0 Å². The molecule has 1 heterocycles. The molecule has 0 aromatic heterocycles. The zero-order valence-electron chi connectivity index (χ0n) is 7.31. The molecule has 5 heteroatoms. The first-order valence-electron chi connectivity index (χ1n) is 4.12. The van der Waals surface area contributed by atoms with E-state index in [-0.39, 0.29) is 5.37 Å². The molecule has 0 saturated heterocycles. The third-order valence-corrected chi connectivity index (χ3v) is 2.97. The van der Waals surface area contributed by atoms with Gasteiger partial charge in [0, 0.05) is 0 Å². The van der Waals surface area contributed by atoms with Gasteiger partial charge >= 0.3 is 0 Å². The SMILES string of the molecule is NC1=NC(=S)NC(c2ccccc2)S1. The van der Waals surface area contributed by atoms with Crippen molar-refractivity contribution in [1.82, 2.24) is 5.32 Å². The largest absolute Gasteiger partial charge is 0.378 e. The maximum atomic E-state index is 5.64. The van der Waals surface area contributed by atoms with E-state index in [1.54, 1.807) is 0 Å². The molecule has 1 aromatic carbocycles. The number of nitrogens with zero attached hydrogens (tertiary/aromatic N) is 1. The monoisotopic (exact) mass is 223 g/mol. The van der Waals surface area contributed by atoms with Gasteiger partial charge in [-0.05, 0) is 17.8 Å². The molecule has 3 N–H and O–H groups in total. The Labute approximate surface area is 91.8 Å². The van der Waals surface area contributed by atoms with Gasteiger partial charge in [0.05, 0.1) is 0 Å². The van der Waals surface area contributed by atoms with Crippen LogP contribution in [0.5, 0.6) is 0 Å². The van der Waals surface area contributed by atoms with Crippen molar-refractivity contribution in [3.63, 3.8) is 0 Å². The summed E-state index contributed by atoms with van der Waals surface area (Å²) in [6.45, 7) is 0. The van der Waals surface area contributed by atoms with Gasteiger partial charge in [0.25, 0.3) is 0 Å². The lowest BCUT2D eigenvalue weighted by Crippen LogP contribution is -2.31. The molecule has 0 radical (unpaired) electrons. The Hall–Kier alpha value is -1.07. The van der Waals surface area contributed by atoms with Crippen LogP contribution < -0.4 is 11.1 Å². The molecule has 72 valence electrons. The minimum absolute atomic E-state index is 0.0844. The van der Waals surface area contributed by atoms with Crippen molar-refractivity contribution in [2.45, 2.75) is 5.37 Å². The van der Waals surface area contributed by atoms with Crippen LogP contribution in [0.15, 0.2) is 35.3 Å². The molecule has 0 saturated carbocycles. The minimum Gasteiger partial charge on any atom is -0.378 e. The van der Waals surface area contributed by atoms with Gasteiger partial charge in [-0.25, -0.2) is 0 Å². The zero-order valence-corrected chi connectivity index (χ0v) is 8.94. The highest BCUT2D eigenvalue weighted by molar-refractivity contribution is 8.14. The highest BCUT2D eigenvalue weighted by Gasteiger charge is 2.19. The fourth-order valence-electron chi connectivity index (χ4n) is 1.20. The van der Waals surface area contributed by atoms with Gasteiger partial charge in [-0.3, -0.25) is 0 Å². The topological polar surface area (TPSA) is 50.4 Å². The van der Waals surface area contributed by atoms with Crippen LogP contribution in [0.2, 0.25) is 0 Å². The van der Waals surface area contributed by atoms with Crippen LogP contribution in [-0.4, -0.2) is 10.3 Å². The Bertz CT molecular complexity index is 375. The van der Waals surface area contributed by atoms with Gasteiger partial charge in [0.1, 0.15) is 5.37 Å². The summed E-state index contributed by atoms with van der Waals surface area (Å²) in [6.07, 6.45) is 0. The second-order valence-corrected chi connectivity index (χ2v) is 4.32. The highest BCUT2D eigenvalue weighted by atomic mass is 32.2. The van der Waals surface area contributed by atoms with Crippen LogP contribution in [0.1, 0.15) is 10.9 Å². The van der Waals surface area contributed by atoms with Crippen molar-refractivity contribution in [3.05, 3.63) is 35.9 Å². The smallest absolute Gasteiger partial charge is 0.196 e. The lowest BCUT2D eigenvalue weighted by Gasteiger charge is -2.22. The zero-order chi connectivity index (χ0) is 9.97. The summed E-state index contributed by atoms with van der Waals surface area (Å²) in [6, 6.07) is 10.0. The van der Waals surface area contributed by atoms with Gasteiger partial charge in [-0.2, -0.15) is 4.99 Å². The number of rotatable bonds is 1. The predicted molar refractivity (Wildman–Crippen MR) is 64.1 cm³/mol. The predicted octanol–water partition coefficient (Wildman–Crippen LogP) is 1.62. The molecule has 0 fully saturated rings. The number of hydrogen-bond donors (Lipinski definition) is 2. The van der Waals surface area contributed by atoms with Crippen LogP contribution in [0, 0.1) is 0 Å². The van der Waals surface area contributed by atoms with Crippen molar-refractivity contribution in [2.75, 3.05) is 0 Å². The van der Waals surface area contributed by atoms with Crippen LogP contribution in [0.25, 0.3) is 0 Å². The summed E-state index contributed by atoms with van der Waals surface area (Å²) in [5, 5.41) is 4.14. The summed E-state index contributed by atoms with van der Waals surface area (Å²) in [5.74, 6) is 0. The standard InChI is InChI=1S/C9H9N3S2/c10-8-12-9(13)11-7(14-8)6-4-2-1-3-5-6/h1-5,7H,(H3,10,11,12,13). The van der Waals surface area contributed by atoms with E-state index in [0.29, 0.717) is 10.3 Å². The third-order valence-electron chi connectivity index (χ3n) is 1.81. The van der Waals surface area contributed by atoms with Crippen molar-refractivity contribution in [2.24, 2.45) is 10.7 Å². The Morgan fingerprint density at radius 1 is 1.36 bits per heavy atom. The maximum absolute atomic E-state index is 5.64. The number of benzene rings is 1. The fourth-order valence-corrected chi connectivity index (χ4v) is 2.40. The number of thiocarbonyl (C=S) groups is 1. The number of thioether (sulfide) groups is 1. The van der Waals surface area contributed by atoms with Gasteiger partial charge < -0.3 is 11.1 Å². The van der Waals surface area contributed by atoms with Crippen molar-refractivity contribution >= 4 is 34.3 Å². The molecule has 14 heavy (non-hydrogen) atoms. The molecule has 2 rings (SSSR count). The molecular weight excluding hydrogens is 214 g/mol. The molecule has 1 aromatic rings. The summed E-state index contributed by atoms with van der Waals surface area (Å²) in [4.78, 5) is 3.94. The van der Waals surface area contributed by atoms with E-state index in [2.05, 4.69) is 10.3 Å². The van der Waals surface area contributed by atoms with Gasteiger partial charge in [0.15, 0.2) is 10.3 Å². The molecule has 0 aliphatic carbocycles. The van der Waals surface area contributed by atoms with E-state index in [1.807, 2.05) is 30.3 Å². The number of hydrogen-bond acceptors (Lipinski definition) is 3. The summed E-state index contributed by atoms with van der Waals surface area (Å²) in [7, 11) is 0. The van der Waals surface area contributed by atoms with Crippen molar-refractivity contribution in [3.8, 4) is 0 Å². The molecule has 1 unspecified atom stereocenters. The van der Waals surface area contributed by atoms with Gasteiger partial charge in [-0.1, -0.05) is 42.1 Å². The first kappa shape index (κ1) is 9.48. The van der Waals surface area contributed by atoms with Crippen LogP contribution in [-0.2, 0) is 0 Å². The van der Waals surface area contributed by atoms with E-state index >= 15 is 0 Å². The number of aliphatic imine (C=N–C) groups is 1. The van der Waals surface area contributed by atoms with E-state index < -0.39 is 0 Å². The normalized spacial score (nSPS) is 21.3. The Kier molecular flexibility index (Phi) is 2.69. The number of nitrogens with one attached hydrogen (secondary N) is 1. The second kappa shape index (κ2) is 3.98.